The molecular weight excluding hydrogens is 260 g/mol. The summed E-state index contributed by atoms with van der Waals surface area (Å²) < 4.78 is 11.3. The van der Waals surface area contributed by atoms with Crippen molar-refractivity contribution >= 4 is 11.6 Å². The molecule has 0 atom stereocenters. The maximum atomic E-state index is 5.82. The van der Waals surface area contributed by atoms with E-state index in [2.05, 4.69) is 13.8 Å². The number of benzene rings is 2. The molecule has 0 N–H and O–H groups in total. The van der Waals surface area contributed by atoms with E-state index in [9.17, 15) is 0 Å². The van der Waals surface area contributed by atoms with E-state index in [0.717, 1.165) is 23.9 Å². The van der Waals surface area contributed by atoms with Gasteiger partial charge < -0.3 is 9.47 Å². The molecule has 0 aliphatic heterocycles. The van der Waals surface area contributed by atoms with Crippen LogP contribution in [0.25, 0.3) is 0 Å². The largest absolute Gasteiger partial charge is 0.493 e. The Bertz CT molecular complexity index is 503. The number of rotatable bonds is 5. The molecule has 0 aromatic heterocycles. The van der Waals surface area contributed by atoms with Crippen molar-refractivity contribution in [2.75, 3.05) is 6.61 Å². The van der Waals surface area contributed by atoms with Crippen molar-refractivity contribution < 1.29 is 9.47 Å². The second kappa shape index (κ2) is 6.48. The zero-order valence-corrected chi connectivity index (χ0v) is 11.9. The maximum absolute atomic E-state index is 5.82. The van der Waals surface area contributed by atoms with E-state index in [1.807, 2.05) is 36.4 Å². The zero-order chi connectivity index (χ0) is 13.7. The summed E-state index contributed by atoms with van der Waals surface area (Å²) in [5.74, 6) is 2.92. The minimum absolute atomic E-state index is 0.519. The molecule has 0 saturated heterocycles. The van der Waals surface area contributed by atoms with Gasteiger partial charge in [0.1, 0.15) is 17.2 Å². The SMILES string of the molecule is CC(C)COc1ccc(Oc2ccc(Cl)cc2)cc1. The summed E-state index contributed by atoms with van der Waals surface area (Å²) in [6.45, 7) is 4.97. The van der Waals surface area contributed by atoms with Gasteiger partial charge in [0, 0.05) is 5.02 Å². The fourth-order valence-corrected chi connectivity index (χ4v) is 1.63. The minimum Gasteiger partial charge on any atom is -0.493 e. The Hall–Kier alpha value is -1.67. The lowest BCUT2D eigenvalue weighted by Crippen LogP contribution is -2.04. The third kappa shape index (κ3) is 4.49. The van der Waals surface area contributed by atoms with Gasteiger partial charge in [-0.1, -0.05) is 25.4 Å². The quantitative estimate of drug-likeness (QED) is 0.750. The van der Waals surface area contributed by atoms with Crippen LogP contribution in [-0.2, 0) is 0 Å². The fourth-order valence-electron chi connectivity index (χ4n) is 1.51. The van der Waals surface area contributed by atoms with Crippen LogP contribution < -0.4 is 9.47 Å². The van der Waals surface area contributed by atoms with E-state index < -0.39 is 0 Å². The van der Waals surface area contributed by atoms with Crippen molar-refractivity contribution in [2.24, 2.45) is 5.92 Å². The first-order valence-corrected chi connectivity index (χ1v) is 6.67. The van der Waals surface area contributed by atoms with Crippen molar-refractivity contribution in [1.82, 2.24) is 0 Å². The third-order valence-electron chi connectivity index (χ3n) is 2.46. The van der Waals surface area contributed by atoms with Crippen LogP contribution in [0.3, 0.4) is 0 Å². The summed E-state index contributed by atoms with van der Waals surface area (Å²) in [6, 6.07) is 14.9. The predicted molar refractivity (Wildman–Crippen MR) is 78.3 cm³/mol. The van der Waals surface area contributed by atoms with Crippen LogP contribution in [0.5, 0.6) is 17.2 Å². The number of ether oxygens (including phenoxy) is 2. The molecule has 100 valence electrons. The van der Waals surface area contributed by atoms with Gasteiger partial charge in [-0.15, -0.1) is 0 Å². The Morgan fingerprint density at radius 2 is 1.32 bits per heavy atom. The maximum Gasteiger partial charge on any atom is 0.127 e. The molecule has 0 unspecified atom stereocenters. The van der Waals surface area contributed by atoms with E-state index in [1.165, 1.54) is 0 Å². The van der Waals surface area contributed by atoms with Gasteiger partial charge in [-0.3, -0.25) is 0 Å². The first kappa shape index (κ1) is 13.8. The van der Waals surface area contributed by atoms with E-state index >= 15 is 0 Å². The van der Waals surface area contributed by atoms with Gasteiger partial charge in [0.15, 0.2) is 0 Å². The highest BCUT2D eigenvalue weighted by atomic mass is 35.5. The Morgan fingerprint density at radius 3 is 1.84 bits per heavy atom. The zero-order valence-electron chi connectivity index (χ0n) is 11.1. The standard InChI is InChI=1S/C16H17ClO2/c1-12(2)11-18-14-7-9-16(10-8-14)19-15-5-3-13(17)4-6-15/h3-10,12H,11H2,1-2H3. The van der Waals surface area contributed by atoms with E-state index in [0.29, 0.717) is 10.9 Å². The molecule has 0 heterocycles. The number of hydrogen-bond donors (Lipinski definition) is 0. The van der Waals surface area contributed by atoms with Crippen molar-refractivity contribution in [2.45, 2.75) is 13.8 Å². The highest BCUT2D eigenvalue weighted by Crippen LogP contribution is 2.25. The molecule has 0 radical (unpaired) electrons. The van der Waals surface area contributed by atoms with Gasteiger partial charge in [0.2, 0.25) is 0 Å². The van der Waals surface area contributed by atoms with Gasteiger partial charge in [0.25, 0.3) is 0 Å². The molecule has 2 rings (SSSR count). The highest BCUT2D eigenvalue weighted by Gasteiger charge is 2.00. The molecular formula is C16H17ClO2. The van der Waals surface area contributed by atoms with Crippen LogP contribution in [0.2, 0.25) is 5.02 Å². The Kier molecular flexibility index (Phi) is 4.69. The van der Waals surface area contributed by atoms with Crippen LogP contribution in [0, 0.1) is 5.92 Å². The van der Waals surface area contributed by atoms with E-state index in [4.69, 9.17) is 21.1 Å². The molecule has 0 fully saturated rings. The number of hydrogen-bond acceptors (Lipinski definition) is 2. The first-order valence-electron chi connectivity index (χ1n) is 6.30. The van der Waals surface area contributed by atoms with Gasteiger partial charge in [-0.2, -0.15) is 0 Å². The number of halogens is 1. The lowest BCUT2D eigenvalue weighted by atomic mass is 10.2. The Morgan fingerprint density at radius 1 is 0.842 bits per heavy atom. The minimum atomic E-state index is 0.519. The predicted octanol–water partition coefficient (Wildman–Crippen LogP) is 5.17. The Labute approximate surface area is 118 Å². The highest BCUT2D eigenvalue weighted by molar-refractivity contribution is 6.30. The average Bonchev–Trinajstić information content (AvgIpc) is 2.40. The second-order valence-electron chi connectivity index (χ2n) is 4.73. The van der Waals surface area contributed by atoms with Crippen molar-refractivity contribution in [3.63, 3.8) is 0 Å². The summed E-state index contributed by atoms with van der Waals surface area (Å²) >= 11 is 5.82. The molecule has 0 saturated carbocycles. The summed E-state index contributed by atoms with van der Waals surface area (Å²) in [7, 11) is 0. The molecule has 0 aliphatic rings. The van der Waals surface area contributed by atoms with Gasteiger partial charge in [0.05, 0.1) is 6.61 Å². The summed E-state index contributed by atoms with van der Waals surface area (Å²) in [5, 5.41) is 0.699. The van der Waals surface area contributed by atoms with Crippen molar-refractivity contribution in [1.29, 1.82) is 0 Å². The van der Waals surface area contributed by atoms with Crippen LogP contribution in [0.1, 0.15) is 13.8 Å². The lowest BCUT2D eigenvalue weighted by Gasteiger charge is -2.10. The third-order valence-corrected chi connectivity index (χ3v) is 2.71. The summed E-state index contributed by atoms with van der Waals surface area (Å²) in [4.78, 5) is 0. The van der Waals surface area contributed by atoms with E-state index in [1.54, 1.807) is 12.1 Å². The summed E-state index contributed by atoms with van der Waals surface area (Å²) in [5.41, 5.74) is 0. The molecule has 2 aromatic carbocycles. The second-order valence-corrected chi connectivity index (χ2v) is 5.17. The molecule has 0 aliphatic carbocycles. The first-order chi connectivity index (χ1) is 9.13. The molecule has 3 heteroatoms. The lowest BCUT2D eigenvalue weighted by molar-refractivity contribution is 0.271. The van der Waals surface area contributed by atoms with Crippen LogP contribution in [-0.4, -0.2) is 6.61 Å². The average molecular weight is 277 g/mol. The Balaban J connectivity index is 1.96. The molecule has 0 spiro atoms. The van der Waals surface area contributed by atoms with Gasteiger partial charge in [-0.25, -0.2) is 0 Å². The van der Waals surface area contributed by atoms with Crippen molar-refractivity contribution in [3.8, 4) is 17.2 Å². The smallest absolute Gasteiger partial charge is 0.127 e. The molecule has 0 amide bonds. The molecule has 19 heavy (non-hydrogen) atoms. The molecule has 0 bridgehead atoms. The van der Waals surface area contributed by atoms with Gasteiger partial charge in [-0.05, 0) is 54.4 Å². The van der Waals surface area contributed by atoms with Crippen molar-refractivity contribution in [3.05, 3.63) is 53.6 Å². The van der Waals surface area contributed by atoms with Crippen LogP contribution in [0.4, 0.5) is 0 Å². The topological polar surface area (TPSA) is 18.5 Å². The monoisotopic (exact) mass is 276 g/mol. The van der Waals surface area contributed by atoms with Crippen LogP contribution >= 0.6 is 11.6 Å². The normalized spacial score (nSPS) is 10.5. The summed E-state index contributed by atoms with van der Waals surface area (Å²) in [6.07, 6.45) is 0. The van der Waals surface area contributed by atoms with E-state index in [-0.39, 0.29) is 0 Å². The van der Waals surface area contributed by atoms with Crippen LogP contribution in [0.15, 0.2) is 48.5 Å². The van der Waals surface area contributed by atoms with Gasteiger partial charge >= 0.3 is 0 Å². The molecule has 2 aromatic rings. The fraction of sp³-hybridized carbons (Fsp3) is 0.250. The molecule has 2 nitrogen and oxygen atoms in total.